The molecule has 3 nitrogen and oxygen atoms in total. The number of fused-ring (bicyclic) bond motifs is 1. The van der Waals surface area contributed by atoms with Crippen LogP contribution in [-0.2, 0) is 13.0 Å². The van der Waals surface area contributed by atoms with Crippen LogP contribution >= 0.6 is 11.6 Å². The van der Waals surface area contributed by atoms with Gasteiger partial charge in [-0.3, -0.25) is 0 Å². The highest BCUT2D eigenvalue weighted by Gasteiger charge is 2.09. The summed E-state index contributed by atoms with van der Waals surface area (Å²) >= 11 is 5.93. The third-order valence-corrected chi connectivity index (χ3v) is 4.52. The Morgan fingerprint density at radius 2 is 1.88 bits per heavy atom. The standard InChI is InChI=1S/C20H20ClNO2/c1-3-14-4-9-18-16(11-20(23)24-19(18)10-14)12-22-13(2)15-5-7-17(21)8-6-15/h4-11,13,22H,3,12H2,1-2H3/t13-/m1/s1. The van der Waals surface area contributed by atoms with Crippen molar-refractivity contribution in [1.82, 2.24) is 5.32 Å². The van der Waals surface area contributed by atoms with Crippen molar-refractivity contribution < 1.29 is 4.42 Å². The minimum Gasteiger partial charge on any atom is -0.423 e. The maximum atomic E-state index is 11.8. The summed E-state index contributed by atoms with van der Waals surface area (Å²) in [7, 11) is 0. The molecule has 3 aromatic rings. The van der Waals surface area contributed by atoms with E-state index in [0.29, 0.717) is 12.1 Å². The van der Waals surface area contributed by atoms with E-state index in [0.717, 1.165) is 33.5 Å². The van der Waals surface area contributed by atoms with Gasteiger partial charge in [0.1, 0.15) is 5.58 Å². The average Bonchev–Trinajstić information content (AvgIpc) is 2.59. The lowest BCUT2D eigenvalue weighted by Gasteiger charge is -2.15. The highest BCUT2D eigenvalue weighted by Crippen LogP contribution is 2.21. The van der Waals surface area contributed by atoms with Crippen molar-refractivity contribution in [2.24, 2.45) is 0 Å². The molecule has 0 spiro atoms. The average molecular weight is 342 g/mol. The second-order valence-electron chi connectivity index (χ2n) is 5.93. The predicted octanol–water partition coefficient (Wildman–Crippen LogP) is 4.86. The summed E-state index contributed by atoms with van der Waals surface area (Å²) in [5, 5.41) is 5.16. The Balaban J connectivity index is 1.84. The van der Waals surface area contributed by atoms with Gasteiger partial charge >= 0.3 is 5.63 Å². The third-order valence-electron chi connectivity index (χ3n) is 4.27. The molecule has 4 heteroatoms. The summed E-state index contributed by atoms with van der Waals surface area (Å²) in [4.78, 5) is 11.8. The zero-order chi connectivity index (χ0) is 17.1. The van der Waals surface area contributed by atoms with E-state index in [-0.39, 0.29) is 11.7 Å². The Hall–Kier alpha value is -2.10. The topological polar surface area (TPSA) is 42.2 Å². The van der Waals surface area contributed by atoms with Gasteiger partial charge in [0, 0.05) is 29.1 Å². The van der Waals surface area contributed by atoms with Crippen molar-refractivity contribution >= 4 is 22.6 Å². The van der Waals surface area contributed by atoms with Gasteiger partial charge in [-0.25, -0.2) is 4.79 Å². The summed E-state index contributed by atoms with van der Waals surface area (Å²) in [6, 6.07) is 15.5. The van der Waals surface area contributed by atoms with Gasteiger partial charge in [-0.15, -0.1) is 0 Å². The molecule has 124 valence electrons. The van der Waals surface area contributed by atoms with Gasteiger partial charge in [-0.05, 0) is 48.2 Å². The number of nitrogens with one attached hydrogen (secondary N) is 1. The molecule has 1 heterocycles. The van der Waals surface area contributed by atoms with E-state index >= 15 is 0 Å². The molecule has 1 atom stereocenters. The number of aryl methyl sites for hydroxylation is 1. The van der Waals surface area contributed by atoms with Crippen molar-refractivity contribution in [2.45, 2.75) is 32.9 Å². The van der Waals surface area contributed by atoms with Crippen molar-refractivity contribution in [3.63, 3.8) is 0 Å². The van der Waals surface area contributed by atoms with Gasteiger partial charge in [-0.1, -0.05) is 42.8 Å². The first-order chi connectivity index (χ1) is 11.6. The Morgan fingerprint density at radius 3 is 2.58 bits per heavy atom. The SMILES string of the molecule is CCc1ccc2c(CN[C@H](C)c3ccc(Cl)cc3)cc(=O)oc2c1. The maximum Gasteiger partial charge on any atom is 0.336 e. The van der Waals surface area contributed by atoms with Gasteiger partial charge in [0.15, 0.2) is 0 Å². The van der Waals surface area contributed by atoms with Gasteiger partial charge in [0.05, 0.1) is 0 Å². The quantitative estimate of drug-likeness (QED) is 0.674. The number of hydrogen-bond acceptors (Lipinski definition) is 3. The van der Waals surface area contributed by atoms with Crippen LogP contribution in [-0.4, -0.2) is 0 Å². The molecule has 0 amide bonds. The van der Waals surface area contributed by atoms with Crippen LogP contribution in [0.1, 0.15) is 36.6 Å². The Morgan fingerprint density at radius 1 is 1.12 bits per heavy atom. The number of hydrogen-bond donors (Lipinski definition) is 1. The lowest BCUT2D eigenvalue weighted by molar-refractivity contribution is 0.547. The van der Waals surface area contributed by atoms with Crippen molar-refractivity contribution in [3.8, 4) is 0 Å². The van der Waals surface area contributed by atoms with Crippen molar-refractivity contribution in [3.05, 3.63) is 80.7 Å². The second-order valence-corrected chi connectivity index (χ2v) is 6.37. The van der Waals surface area contributed by atoms with Crippen LogP contribution in [0.5, 0.6) is 0 Å². The summed E-state index contributed by atoms with van der Waals surface area (Å²) < 4.78 is 5.35. The molecule has 1 N–H and O–H groups in total. The Labute approximate surface area is 146 Å². The van der Waals surface area contributed by atoms with Crippen LogP contribution in [0, 0.1) is 0 Å². The lowest BCUT2D eigenvalue weighted by Crippen LogP contribution is -2.19. The van der Waals surface area contributed by atoms with Gasteiger partial charge < -0.3 is 9.73 Å². The molecule has 0 radical (unpaired) electrons. The summed E-state index contributed by atoms with van der Waals surface area (Å²) in [5.41, 5.74) is 3.60. The Bertz CT molecular complexity index is 900. The molecule has 2 aromatic carbocycles. The van der Waals surface area contributed by atoms with E-state index in [1.54, 1.807) is 6.07 Å². The van der Waals surface area contributed by atoms with Crippen LogP contribution in [0.4, 0.5) is 0 Å². The fraction of sp³-hybridized carbons (Fsp3) is 0.250. The first-order valence-electron chi connectivity index (χ1n) is 8.11. The molecule has 1 aromatic heterocycles. The zero-order valence-electron chi connectivity index (χ0n) is 13.8. The third kappa shape index (κ3) is 3.69. The molecule has 0 fully saturated rings. The number of rotatable bonds is 5. The molecular formula is C20H20ClNO2. The molecule has 0 aliphatic carbocycles. The van der Waals surface area contributed by atoms with Crippen molar-refractivity contribution in [2.75, 3.05) is 0 Å². The van der Waals surface area contributed by atoms with Crippen molar-refractivity contribution in [1.29, 1.82) is 0 Å². The van der Waals surface area contributed by atoms with Crippen LogP contribution < -0.4 is 10.9 Å². The highest BCUT2D eigenvalue weighted by molar-refractivity contribution is 6.30. The van der Waals surface area contributed by atoms with Crippen LogP contribution in [0.15, 0.2) is 57.7 Å². The molecule has 0 saturated carbocycles. The van der Waals surface area contributed by atoms with Crippen LogP contribution in [0.25, 0.3) is 11.0 Å². The number of benzene rings is 2. The molecule has 0 aliphatic rings. The van der Waals surface area contributed by atoms with E-state index in [2.05, 4.69) is 25.2 Å². The van der Waals surface area contributed by atoms with Gasteiger partial charge in [-0.2, -0.15) is 0 Å². The largest absolute Gasteiger partial charge is 0.423 e. The summed E-state index contributed by atoms with van der Waals surface area (Å²) in [6.45, 7) is 4.77. The Kier molecular flexibility index (Phi) is 5.03. The van der Waals surface area contributed by atoms with Gasteiger partial charge in [0.25, 0.3) is 0 Å². The monoisotopic (exact) mass is 341 g/mol. The van der Waals surface area contributed by atoms with E-state index in [4.69, 9.17) is 16.0 Å². The zero-order valence-corrected chi connectivity index (χ0v) is 14.6. The fourth-order valence-corrected chi connectivity index (χ4v) is 2.90. The summed E-state index contributed by atoms with van der Waals surface area (Å²) in [5.74, 6) is 0. The molecule has 24 heavy (non-hydrogen) atoms. The smallest absolute Gasteiger partial charge is 0.336 e. The van der Waals surface area contributed by atoms with E-state index in [1.165, 1.54) is 0 Å². The highest BCUT2D eigenvalue weighted by atomic mass is 35.5. The lowest BCUT2D eigenvalue weighted by atomic mass is 10.0. The first-order valence-corrected chi connectivity index (χ1v) is 8.49. The molecule has 0 bridgehead atoms. The van der Waals surface area contributed by atoms with Gasteiger partial charge in [0.2, 0.25) is 0 Å². The number of halogens is 1. The molecule has 0 aliphatic heterocycles. The minimum absolute atomic E-state index is 0.152. The summed E-state index contributed by atoms with van der Waals surface area (Å²) in [6.07, 6.45) is 0.912. The molecule has 0 saturated heterocycles. The van der Waals surface area contributed by atoms with E-state index in [9.17, 15) is 4.79 Å². The van der Waals surface area contributed by atoms with E-state index < -0.39 is 0 Å². The normalized spacial score (nSPS) is 12.5. The molecule has 0 unspecified atom stereocenters. The fourth-order valence-electron chi connectivity index (χ4n) is 2.77. The minimum atomic E-state index is -0.313. The predicted molar refractivity (Wildman–Crippen MR) is 98.6 cm³/mol. The molecular weight excluding hydrogens is 322 g/mol. The second kappa shape index (κ2) is 7.20. The van der Waals surface area contributed by atoms with Crippen LogP contribution in [0.3, 0.4) is 0 Å². The maximum absolute atomic E-state index is 11.8. The van der Waals surface area contributed by atoms with E-state index in [1.807, 2.05) is 36.4 Å². The molecule has 3 rings (SSSR count). The van der Waals surface area contributed by atoms with Crippen LogP contribution in [0.2, 0.25) is 5.02 Å². The first kappa shape index (κ1) is 16.7.